The third kappa shape index (κ3) is 6.61. The minimum atomic E-state index is 0.512. The van der Waals surface area contributed by atoms with Gasteiger partial charge in [-0.05, 0) is 72.8 Å². The average molecular weight is 431 g/mol. The van der Waals surface area contributed by atoms with E-state index in [9.17, 15) is 0 Å². The number of fused-ring (bicyclic) bond motifs is 1. The lowest BCUT2D eigenvalue weighted by molar-refractivity contribution is 0.471. The van der Waals surface area contributed by atoms with Crippen LogP contribution in [-0.2, 0) is 13.1 Å². The van der Waals surface area contributed by atoms with Gasteiger partial charge in [-0.2, -0.15) is 0 Å². The molecule has 1 aromatic carbocycles. The number of hydrogen-bond donors (Lipinski definition) is 3. The number of rotatable bonds is 5. The van der Waals surface area contributed by atoms with Crippen molar-refractivity contribution in [1.29, 1.82) is 0 Å². The summed E-state index contributed by atoms with van der Waals surface area (Å²) in [5.41, 5.74) is 14.0. The lowest BCUT2D eigenvalue weighted by Gasteiger charge is -2.26. The van der Waals surface area contributed by atoms with E-state index in [1.165, 1.54) is 60.1 Å². The van der Waals surface area contributed by atoms with Crippen molar-refractivity contribution in [2.75, 3.05) is 19.6 Å². The summed E-state index contributed by atoms with van der Waals surface area (Å²) < 4.78 is 0. The van der Waals surface area contributed by atoms with Crippen LogP contribution in [0.5, 0.6) is 0 Å². The first-order valence-corrected chi connectivity index (χ1v) is 12.3. The highest BCUT2D eigenvalue weighted by atomic mass is 15.0. The zero-order valence-electron chi connectivity index (χ0n) is 19.3. The summed E-state index contributed by atoms with van der Waals surface area (Å²) in [6.45, 7) is 4.53. The predicted octanol–water partition coefficient (Wildman–Crippen LogP) is 4.74. The van der Waals surface area contributed by atoms with Gasteiger partial charge in [-0.1, -0.05) is 54.6 Å². The van der Waals surface area contributed by atoms with E-state index in [0.717, 1.165) is 39.0 Å². The number of nitrogens with one attached hydrogen (secondary N) is 2. The third-order valence-corrected chi connectivity index (χ3v) is 6.65. The van der Waals surface area contributed by atoms with Gasteiger partial charge < -0.3 is 16.4 Å². The predicted molar refractivity (Wildman–Crippen MR) is 136 cm³/mol. The normalized spacial score (nSPS) is 22.1. The molecule has 0 amide bonds. The summed E-state index contributed by atoms with van der Waals surface area (Å²) in [4.78, 5) is 4.50. The maximum absolute atomic E-state index is 5.62. The van der Waals surface area contributed by atoms with E-state index in [2.05, 4.69) is 70.3 Å². The largest absolute Gasteiger partial charge is 0.326 e. The van der Waals surface area contributed by atoms with Crippen LogP contribution in [0.4, 0.5) is 0 Å². The summed E-state index contributed by atoms with van der Waals surface area (Å²) in [6, 6.07) is 9.04. The second-order valence-electron chi connectivity index (χ2n) is 9.08. The minimum absolute atomic E-state index is 0.512. The molecule has 2 aliphatic heterocycles. The van der Waals surface area contributed by atoms with Gasteiger partial charge in [0, 0.05) is 44.5 Å². The zero-order valence-corrected chi connectivity index (χ0v) is 19.3. The van der Waals surface area contributed by atoms with Crippen molar-refractivity contribution in [2.45, 2.75) is 64.1 Å². The van der Waals surface area contributed by atoms with E-state index in [-0.39, 0.29) is 0 Å². The molecule has 1 unspecified atom stereocenters. The molecular formula is C28H38N4. The fraction of sp³-hybridized carbons (Fsp3) is 0.464. The van der Waals surface area contributed by atoms with Gasteiger partial charge in [-0.3, -0.25) is 4.99 Å². The van der Waals surface area contributed by atoms with Crippen molar-refractivity contribution < 1.29 is 0 Å². The molecule has 4 aliphatic rings. The molecule has 2 aliphatic carbocycles. The second-order valence-corrected chi connectivity index (χ2v) is 9.08. The highest BCUT2D eigenvalue weighted by Crippen LogP contribution is 2.24. The highest BCUT2D eigenvalue weighted by Gasteiger charge is 2.18. The Balaban J connectivity index is 0.000000203. The molecule has 1 atom stereocenters. The molecule has 0 spiro atoms. The first kappa shape index (κ1) is 22.9. The Morgan fingerprint density at radius 3 is 2.59 bits per heavy atom. The molecule has 170 valence electrons. The summed E-state index contributed by atoms with van der Waals surface area (Å²) in [5, 5.41) is 7.19. The van der Waals surface area contributed by atoms with Gasteiger partial charge in [0.2, 0.25) is 0 Å². The van der Waals surface area contributed by atoms with Gasteiger partial charge in [0.15, 0.2) is 0 Å². The maximum Gasteiger partial charge on any atom is 0.0427 e. The average Bonchev–Trinajstić information content (AvgIpc) is 3.10. The van der Waals surface area contributed by atoms with Crippen molar-refractivity contribution >= 4 is 5.71 Å². The first-order chi connectivity index (χ1) is 15.8. The summed E-state index contributed by atoms with van der Waals surface area (Å²) in [7, 11) is 0. The molecule has 5 rings (SSSR count). The lowest BCUT2D eigenvalue weighted by atomic mass is 9.91. The van der Waals surface area contributed by atoms with Gasteiger partial charge in [0.25, 0.3) is 0 Å². The van der Waals surface area contributed by atoms with E-state index in [1.807, 2.05) is 0 Å². The van der Waals surface area contributed by atoms with Gasteiger partial charge >= 0.3 is 0 Å². The molecule has 4 N–H and O–H groups in total. The number of allylic oxidation sites excluding steroid dienone is 4. The molecule has 0 aromatic heterocycles. The molecule has 0 bridgehead atoms. The Morgan fingerprint density at radius 1 is 1.00 bits per heavy atom. The van der Waals surface area contributed by atoms with Gasteiger partial charge in [0.05, 0.1) is 0 Å². The Morgan fingerprint density at radius 2 is 1.78 bits per heavy atom. The van der Waals surface area contributed by atoms with E-state index < -0.39 is 0 Å². The van der Waals surface area contributed by atoms with Gasteiger partial charge in [-0.15, -0.1) is 0 Å². The quantitative estimate of drug-likeness (QED) is 0.632. The molecule has 1 fully saturated rings. The lowest BCUT2D eigenvalue weighted by Crippen LogP contribution is -2.42. The third-order valence-electron chi connectivity index (χ3n) is 6.65. The molecule has 1 saturated carbocycles. The molecule has 2 heterocycles. The standard InChI is InChI=1S/C19H25N3.C9H13N/c20-11-15-6-8-16(9-7-15)12-21-14-19-10-17-4-2-1-3-5-18(17)13-22-19;1-2-6-9-8(4-1)5-3-7-10-9/h2-9,19,21-22H,1,10-14,20H2;5H,1-4,6-7H2. The minimum Gasteiger partial charge on any atom is -0.326 e. The van der Waals surface area contributed by atoms with Crippen molar-refractivity contribution in [3.63, 3.8) is 0 Å². The van der Waals surface area contributed by atoms with Crippen molar-refractivity contribution in [1.82, 2.24) is 10.6 Å². The number of aliphatic imine (C=N–C) groups is 1. The number of benzene rings is 1. The number of hydrogen-bond acceptors (Lipinski definition) is 4. The van der Waals surface area contributed by atoms with Crippen LogP contribution in [0, 0.1) is 0 Å². The number of dihydropyridines is 1. The van der Waals surface area contributed by atoms with E-state index in [4.69, 9.17) is 5.73 Å². The SMILES string of the molecule is C1=C2CCCCC2=NCC1.NCc1ccc(CNCC2CC3=C(C=CCC=C3)CN2)cc1. The summed E-state index contributed by atoms with van der Waals surface area (Å²) in [5.74, 6) is 0. The van der Waals surface area contributed by atoms with Gasteiger partial charge in [0.1, 0.15) is 0 Å². The van der Waals surface area contributed by atoms with Crippen molar-refractivity contribution in [2.24, 2.45) is 10.7 Å². The van der Waals surface area contributed by atoms with Crippen LogP contribution >= 0.6 is 0 Å². The summed E-state index contributed by atoms with van der Waals surface area (Å²) in [6.07, 6.45) is 20.0. The molecule has 1 aromatic rings. The smallest absolute Gasteiger partial charge is 0.0427 e. The second kappa shape index (κ2) is 12.1. The monoisotopic (exact) mass is 430 g/mol. The van der Waals surface area contributed by atoms with E-state index in [1.54, 1.807) is 5.57 Å². The van der Waals surface area contributed by atoms with Crippen molar-refractivity contribution in [3.05, 3.63) is 82.5 Å². The fourth-order valence-electron chi connectivity index (χ4n) is 4.76. The van der Waals surface area contributed by atoms with E-state index >= 15 is 0 Å². The topological polar surface area (TPSA) is 62.4 Å². The summed E-state index contributed by atoms with van der Waals surface area (Å²) >= 11 is 0. The van der Waals surface area contributed by atoms with Crippen LogP contribution in [0.1, 0.15) is 56.1 Å². The Kier molecular flexibility index (Phi) is 8.66. The van der Waals surface area contributed by atoms with Crippen LogP contribution in [0.3, 0.4) is 0 Å². The molecule has 0 radical (unpaired) electrons. The molecule has 0 saturated heterocycles. The zero-order chi connectivity index (χ0) is 22.0. The van der Waals surface area contributed by atoms with Crippen molar-refractivity contribution in [3.8, 4) is 0 Å². The fourth-order valence-corrected chi connectivity index (χ4v) is 4.76. The number of nitrogens with two attached hydrogens (primary N) is 1. The van der Waals surface area contributed by atoms with Crippen LogP contribution in [0.25, 0.3) is 0 Å². The molecular weight excluding hydrogens is 392 g/mol. The van der Waals surface area contributed by atoms with Crippen LogP contribution in [-0.4, -0.2) is 31.4 Å². The Bertz CT molecular complexity index is 880. The molecule has 32 heavy (non-hydrogen) atoms. The van der Waals surface area contributed by atoms with Crippen LogP contribution in [0.2, 0.25) is 0 Å². The van der Waals surface area contributed by atoms with Crippen LogP contribution in [0.15, 0.2) is 76.4 Å². The molecule has 4 heteroatoms. The maximum atomic E-state index is 5.62. The Labute approximate surface area is 193 Å². The van der Waals surface area contributed by atoms with E-state index in [0.29, 0.717) is 12.6 Å². The Hall–Kier alpha value is -2.27. The number of nitrogens with zero attached hydrogens (tertiary/aromatic N) is 1. The van der Waals surface area contributed by atoms with Gasteiger partial charge in [-0.25, -0.2) is 0 Å². The highest BCUT2D eigenvalue weighted by molar-refractivity contribution is 6.01. The van der Waals surface area contributed by atoms with Crippen LogP contribution < -0.4 is 16.4 Å². The molecule has 4 nitrogen and oxygen atoms in total. The first-order valence-electron chi connectivity index (χ1n) is 12.3.